The Bertz CT molecular complexity index is 571. The van der Waals surface area contributed by atoms with Gasteiger partial charge in [-0.15, -0.1) is 0 Å². The van der Waals surface area contributed by atoms with E-state index >= 15 is 0 Å². The average molecular weight is 271 g/mol. The molecule has 0 radical (unpaired) electrons. The number of benzene rings is 2. The molecule has 0 saturated heterocycles. The zero-order valence-corrected chi connectivity index (χ0v) is 11.2. The van der Waals surface area contributed by atoms with Gasteiger partial charge in [-0.3, -0.25) is 4.99 Å². The molecule has 3 heteroatoms. The van der Waals surface area contributed by atoms with Crippen LogP contribution in [-0.4, -0.2) is 5.84 Å². The summed E-state index contributed by atoms with van der Waals surface area (Å²) in [4.78, 5) is 4.30. The van der Waals surface area contributed by atoms with E-state index in [0.29, 0.717) is 12.4 Å². The maximum absolute atomic E-state index is 5.84. The average Bonchev–Trinajstić information content (AvgIpc) is 2.45. The molecule has 2 N–H and O–H groups in total. The Balaban J connectivity index is 1.96. The minimum absolute atomic E-state index is 0.513. The molecule has 0 unspecified atom stereocenters. The third-order valence-electron chi connectivity index (χ3n) is 2.60. The van der Waals surface area contributed by atoms with E-state index in [0.717, 1.165) is 16.1 Å². The predicted octanol–water partition coefficient (Wildman–Crippen LogP) is 3.91. The Labute approximate surface area is 118 Å². The molecule has 0 amide bonds. The van der Waals surface area contributed by atoms with Crippen LogP contribution in [0.5, 0.6) is 0 Å². The Morgan fingerprint density at radius 2 is 1.74 bits per heavy atom. The number of amidine groups is 1. The van der Waals surface area contributed by atoms with Gasteiger partial charge in [-0.05, 0) is 29.3 Å². The Kier molecular flexibility index (Phi) is 4.76. The van der Waals surface area contributed by atoms with Crippen molar-refractivity contribution in [3.8, 4) is 0 Å². The summed E-state index contributed by atoms with van der Waals surface area (Å²) in [6.45, 7) is 0.558. The second-order valence-electron chi connectivity index (χ2n) is 4.11. The monoisotopic (exact) mass is 270 g/mol. The molecular formula is C16H15ClN2. The number of nitrogens with zero attached hydrogens (tertiary/aromatic N) is 1. The van der Waals surface area contributed by atoms with Crippen molar-refractivity contribution in [2.24, 2.45) is 10.7 Å². The summed E-state index contributed by atoms with van der Waals surface area (Å²) in [6.07, 6.45) is 3.76. The highest BCUT2D eigenvalue weighted by Crippen LogP contribution is 2.10. The molecular weight excluding hydrogens is 256 g/mol. The molecule has 2 nitrogen and oxygen atoms in total. The van der Waals surface area contributed by atoms with E-state index < -0.39 is 0 Å². The first-order valence-corrected chi connectivity index (χ1v) is 6.39. The van der Waals surface area contributed by atoms with Crippen molar-refractivity contribution in [1.82, 2.24) is 0 Å². The molecule has 0 spiro atoms. The van der Waals surface area contributed by atoms with Crippen LogP contribution in [0.25, 0.3) is 6.08 Å². The van der Waals surface area contributed by atoms with Gasteiger partial charge in [-0.2, -0.15) is 0 Å². The summed E-state index contributed by atoms with van der Waals surface area (Å²) >= 11 is 5.82. The lowest BCUT2D eigenvalue weighted by atomic mass is 10.2. The van der Waals surface area contributed by atoms with Gasteiger partial charge in [-0.25, -0.2) is 0 Å². The molecule has 0 saturated carbocycles. The molecule has 96 valence electrons. The standard InChI is InChI=1S/C16H15ClN2/c17-15-9-6-14(7-10-15)12-19-16(18)11-8-13-4-2-1-3-5-13/h1-11H,12H2,(H2,18,19). The first-order valence-electron chi connectivity index (χ1n) is 6.01. The zero-order valence-electron chi connectivity index (χ0n) is 10.5. The normalized spacial score (nSPS) is 11.9. The van der Waals surface area contributed by atoms with Crippen molar-refractivity contribution >= 4 is 23.5 Å². The largest absolute Gasteiger partial charge is 0.384 e. The highest BCUT2D eigenvalue weighted by Gasteiger charge is 1.92. The van der Waals surface area contributed by atoms with E-state index in [1.165, 1.54) is 0 Å². The fourth-order valence-electron chi connectivity index (χ4n) is 1.57. The third kappa shape index (κ3) is 4.60. The van der Waals surface area contributed by atoms with Crippen LogP contribution >= 0.6 is 11.6 Å². The summed E-state index contributed by atoms with van der Waals surface area (Å²) < 4.78 is 0. The van der Waals surface area contributed by atoms with Crippen molar-refractivity contribution in [3.05, 3.63) is 76.8 Å². The SMILES string of the molecule is NC(C=Cc1ccccc1)=NCc1ccc(Cl)cc1. The summed E-state index contributed by atoms with van der Waals surface area (Å²) in [5.41, 5.74) is 8.02. The first-order chi connectivity index (χ1) is 9.24. The van der Waals surface area contributed by atoms with E-state index in [-0.39, 0.29) is 0 Å². The van der Waals surface area contributed by atoms with Gasteiger partial charge in [0.1, 0.15) is 5.84 Å². The van der Waals surface area contributed by atoms with Crippen molar-refractivity contribution in [1.29, 1.82) is 0 Å². The van der Waals surface area contributed by atoms with Crippen molar-refractivity contribution < 1.29 is 0 Å². The smallest absolute Gasteiger partial charge is 0.118 e. The lowest BCUT2D eigenvalue weighted by Gasteiger charge is -1.98. The second kappa shape index (κ2) is 6.76. The molecule has 2 aromatic carbocycles. The third-order valence-corrected chi connectivity index (χ3v) is 2.86. The summed E-state index contributed by atoms with van der Waals surface area (Å²) in [5, 5.41) is 0.727. The molecule has 0 fully saturated rings. The van der Waals surface area contributed by atoms with Gasteiger partial charge in [0.05, 0.1) is 6.54 Å². The minimum atomic E-state index is 0.513. The van der Waals surface area contributed by atoms with Crippen LogP contribution in [0.15, 0.2) is 65.7 Å². The summed E-state index contributed by atoms with van der Waals surface area (Å²) in [5.74, 6) is 0.513. The molecule has 2 rings (SSSR count). The maximum atomic E-state index is 5.84. The summed E-state index contributed by atoms with van der Waals surface area (Å²) in [6, 6.07) is 17.6. The van der Waals surface area contributed by atoms with Crippen LogP contribution in [0.1, 0.15) is 11.1 Å². The lowest BCUT2D eigenvalue weighted by molar-refractivity contribution is 1.06. The quantitative estimate of drug-likeness (QED) is 0.664. The second-order valence-corrected chi connectivity index (χ2v) is 4.55. The molecule has 0 aliphatic heterocycles. The molecule has 2 aromatic rings. The van der Waals surface area contributed by atoms with E-state index in [1.54, 1.807) is 0 Å². The van der Waals surface area contributed by atoms with Crippen LogP contribution in [0, 0.1) is 0 Å². The zero-order chi connectivity index (χ0) is 13.5. The number of hydrogen-bond donors (Lipinski definition) is 1. The number of nitrogens with two attached hydrogens (primary N) is 1. The predicted molar refractivity (Wildman–Crippen MR) is 82.3 cm³/mol. The van der Waals surface area contributed by atoms with E-state index in [1.807, 2.05) is 66.7 Å². The molecule has 19 heavy (non-hydrogen) atoms. The first kappa shape index (κ1) is 13.4. The maximum Gasteiger partial charge on any atom is 0.118 e. The van der Waals surface area contributed by atoms with Gasteiger partial charge in [-0.1, -0.05) is 60.1 Å². The Morgan fingerprint density at radius 3 is 2.42 bits per heavy atom. The van der Waals surface area contributed by atoms with Gasteiger partial charge < -0.3 is 5.73 Å². The fourth-order valence-corrected chi connectivity index (χ4v) is 1.70. The van der Waals surface area contributed by atoms with Crippen LogP contribution in [0.3, 0.4) is 0 Å². The summed E-state index contributed by atoms with van der Waals surface area (Å²) in [7, 11) is 0. The Morgan fingerprint density at radius 1 is 1.05 bits per heavy atom. The van der Waals surface area contributed by atoms with E-state index in [2.05, 4.69) is 4.99 Å². The van der Waals surface area contributed by atoms with Crippen LogP contribution in [0.2, 0.25) is 5.02 Å². The van der Waals surface area contributed by atoms with E-state index in [4.69, 9.17) is 17.3 Å². The van der Waals surface area contributed by atoms with Crippen molar-refractivity contribution in [2.45, 2.75) is 6.54 Å². The lowest BCUT2D eigenvalue weighted by Crippen LogP contribution is -2.07. The Hall–Kier alpha value is -2.06. The van der Waals surface area contributed by atoms with Gasteiger partial charge in [0.2, 0.25) is 0 Å². The molecule has 0 bridgehead atoms. The fraction of sp³-hybridized carbons (Fsp3) is 0.0625. The highest BCUT2D eigenvalue weighted by atomic mass is 35.5. The van der Waals surface area contributed by atoms with Gasteiger partial charge in [0, 0.05) is 5.02 Å². The number of hydrogen-bond acceptors (Lipinski definition) is 1. The van der Waals surface area contributed by atoms with Gasteiger partial charge in [0.15, 0.2) is 0 Å². The van der Waals surface area contributed by atoms with Crippen molar-refractivity contribution in [2.75, 3.05) is 0 Å². The molecule has 0 aliphatic rings. The molecule has 0 heterocycles. The topological polar surface area (TPSA) is 38.4 Å². The molecule has 0 aliphatic carbocycles. The minimum Gasteiger partial charge on any atom is -0.384 e. The highest BCUT2D eigenvalue weighted by molar-refractivity contribution is 6.30. The van der Waals surface area contributed by atoms with Crippen LogP contribution in [0.4, 0.5) is 0 Å². The molecule has 0 atom stereocenters. The van der Waals surface area contributed by atoms with Gasteiger partial charge in [0.25, 0.3) is 0 Å². The van der Waals surface area contributed by atoms with Crippen LogP contribution < -0.4 is 5.73 Å². The number of aliphatic imine (C=N–C) groups is 1. The van der Waals surface area contributed by atoms with E-state index in [9.17, 15) is 0 Å². The number of halogens is 1. The van der Waals surface area contributed by atoms with Crippen molar-refractivity contribution in [3.63, 3.8) is 0 Å². The van der Waals surface area contributed by atoms with Crippen LogP contribution in [-0.2, 0) is 6.54 Å². The molecule has 0 aromatic heterocycles. The van der Waals surface area contributed by atoms with Gasteiger partial charge >= 0.3 is 0 Å². The number of rotatable bonds is 4.